The zero-order valence-electron chi connectivity index (χ0n) is 10.8. The lowest BCUT2D eigenvalue weighted by Crippen LogP contribution is -2.18. The van der Waals surface area contributed by atoms with Crippen LogP contribution in [0.4, 0.5) is 0 Å². The highest BCUT2D eigenvalue weighted by Crippen LogP contribution is 2.20. The van der Waals surface area contributed by atoms with Gasteiger partial charge in [0.25, 0.3) is 0 Å². The van der Waals surface area contributed by atoms with Crippen molar-refractivity contribution in [2.75, 3.05) is 7.05 Å². The molecule has 0 aliphatic carbocycles. The largest absolute Gasteiger partial charge is 0.313 e. The number of aryl methyl sites for hydroxylation is 1. The molecule has 1 N–H and O–H groups in total. The van der Waals surface area contributed by atoms with Crippen molar-refractivity contribution < 1.29 is 0 Å². The molecule has 2 aromatic rings. The summed E-state index contributed by atoms with van der Waals surface area (Å²) in [5, 5.41) is 4.14. The van der Waals surface area contributed by atoms with Crippen molar-refractivity contribution in [2.45, 2.75) is 19.4 Å². The Labute approximate surface area is 114 Å². The monoisotopic (exact) mass is 259 g/mol. The number of likely N-dealkylation sites (N-methyl/N-ethyl adjacent to an activating group) is 1. The van der Waals surface area contributed by atoms with Gasteiger partial charge in [0.2, 0.25) is 0 Å². The van der Waals surface area contributed by atoms with Crippen molar-refractivity contribution in [3.8, 4) is 0 Å². The highest BCUT2D eigenvalue weighted by molar-refractivity contribution is 6.30. The Bertz CT molecular complexity index is 488. The summed E-state index contributed by atoms with van der Waals surface area (Å²) in [6, 6.07) is 17.1. The Morgan fingerprint density at radius 3 is 2.17 bits per heavy atom. The molecular weight excluding hydrogens is 242 g/mol. The van der Waals surface area contributed by atoms with E-state index in [1.807, 2.05) is 19.2 Å². The topological polar surface area (TPSA) is 12.0 Å². The molecule has 2 aromatic carbocycles. The minimum absolute atomic E-state index is 0.324. The van der Waals surface area contributed by atoms with Crippen LogP contribution in [0.2, 0.25) is 5.02 Å². The van der Waals surface area contributed by atoms with Gasteiger partial charge in [-0.1, -0.05) is 53.6 Å². The lowest BCUT2D eigenvalue weighted by Gasteiger charge is -2.17. The Kier molecular flexibility index (Phi) is 4.40. The second-order valence-corrected chi connectivity index (χ2v) is 5.02. The number of hydrogen-bond acceptors (Lipinski definition) is 1. The van der Waals surface area contributed by atoms with Gasteiger partial charge < -0.3 is 5.32 Å². The van der Waals surface area contributed by atoms with Gasteiger partial charge in [0, 0.05) is 11.1 Å². The highest BCUT2D eigenvalue weighted by atomic mass is 35.5. The summed E-state index contributed by atoms with van der Waals surface area (Å²) in [4.78, 5) is 0. The van der Waals surface area contributed by atoms with Crippen LogP contribution in [0, 0.1) is 6.92 Å². The van der Waals surface area contributed by atoms with E-state index in [0.29, 0.717) is 6.04 Å². The fourth-order valence-corrected chi connectivity index (χ4v) is 2.17. The van der Waals surface area contributed by atoms with Gasteiger partial charge in [-0.25, -0.2) is 0 Å². The molecule has 2 rings (SSSR count). The van der Waals surface area contributed by atoms with Crippen molar-refractivity contribution in [1.82, 2.24) is 5.32 Å². The molecule has 0 bridgehead atoms. The Morgan fingerprint density at radius 2 is 1.61 bits per heavy atom. The van der Waals surface area contributed by atoms with Gasteiger partial charge >= 0.3 is 0 Å². The molecule has 94 valence electrons. The zero-order chi connectivity index (χ0) is 13.0. The van der Waals surface area contributed by atoms with Gasteiger partial charge in [-0.15, -0.1) is 0 Å². The van der Waals surface area contributed by atoms with Crippen LogP contribution in [0.5, 0.6) is 0 Å². The van der Waals surface area contributed by atoms with Gasteiger partial charge in [0.1, 0.15) is 0 Å². The Balaban J connectivity index is 2.14. The second-order valence-electron chi connectivity index (χ2n) is 4.58. The van der Waals surface area contributed by atoms with Crippen molar-refractivity contribution >= 4 is 11.6 Å². The van der Waals surface area contributed by atoms with E-state index >= 15 is 0 Å². The first-order chi connectivity index (χ1) is 8.69. The molecule has 0 heterocycles. The average molecular weight is 260 g/mol. The molecule has 1 nitrogen and oxygen atoms in total. The predicted molar refractivity (Wildman–Crippen MR) is 78.1 cm³/mol. The quantitative estimate of drug-likeness (QED) is 0.870. The first-order valence-electron chi connectivity index (χ1n) is 6.17. The lowest BCUT2D eigenvalue weighted by atomic mass is 9.98. The summed E-state index contributed by atoms with van der Waals surface area (Å²) in [5.41, 5.74) is 3.91. The molecule has 0 saturated carbocycles. The molecule has 18 heavy (non-hydrogen) atoms. The molecule has 0 saturated heterocycles. The van der Waals surface area contributed by atoms with Crippen molar-refractivity contribution in [3.63, 3.8) is 0 Å². The van der Waals surface area contributed by atoms with Gasteiger partial charge in [-0.05, 0) is 43.7 Å². The van der Waals surface area contributed by atoms with E-state index < -0.39 is 0 Å². The number of benzene rings is 2. The van der Waals surface area contributed by atoms with Crippen LogP contribution in [0.1, 0.15) is 22.7 Å². The number of halogens is 1. The molecule has 0 amide bonds. The summed E-state index contributed by atoms with van der Waals surface area (Å²) in [7, 11) is 1.99. The smallest absolute Gasteiger partial charge is 0.0406 e. The molecular formula is C16H18ClN. The molecule has 2 heteroatoms. The van der Waals surface area contributed by atoms with Crippen LogP contribution in [0.15, 0.2) is 48.5 Å². The maximum Gasteiger partial charge on any atom is 0.0406 e. The summed E-state index contributed by atoms with van der Waals surface area (Å²) >= 11 is 5.92. The van der Waals surface area contributed by atoms with E-state index in [0.717, 1.165) is 11.4 Å². The third-order valence-corrected chi connectivity index (χ3v) is 3.43. The Hall–Kier alpha value is -1.31. The minimum atomic E-state index is 0.324. The molecule has 0 aromatic heterocycles. The van der Waals surface area contributed by atoms with Crippen molar-refractivity contribution in [1.29, 1.82) is 0 Å². The minimum Gasteiger partial charge on any atom is -0.313 e. The van der Waals surface area contributed by atoms with Crippen LogP contribution < -0.4 is 5.32 Å². The Morgan fingerprint density at radius 1 is 1.00 bits per heavy atom. The third kappa shape index (κ3) is 3.34. The first-order valence-corrected chi connectivity index (χ1v) is 6.55. The molecule has 0 radical (unpaired) electrons. The zero-order valence-corrected chi connectivity index (χ0v) is 11.5. The van der Waals surface area contributed by atoms with Crippen LogP contribution in [0.3, 0.4) is 0 Å². The summed E-state index contributed by atoms with van der Waals surface area (Å²) in [5.74, 6) is 0. The van der Waals surface area contributed by atoms with Crippen LogP contribution in [-0.4, -0.2) is 7.05 Å². The van der Waals surface area contributed by atoms with E-state index in [1.165, 1.54) is 16.7 Å². The molecule has 1 unspecified atom stereocenters. The van der Waals surface area contributed by atoms with Gasteiger partial charge in [-0.2, -0.15) is 0 Å². The molecule has 0 fully saturated rings. The normalized spacial score (nSPS) is 12.4. The van der Waals surface area contributed by atoms with Crippen molar-refractivity contribution in [2.24, 2.45) is 0 Å². The van der Waals surface area contributed by atoms with E-state index in [9.17, 15) is 0 Å². The van der Waals surface area contributed by atoms with Crippen molar-refractivity contribution in [3.05, 3.63) is 70.2 Å². The summed E-state index contributed by atoms with van der Waals surface area (Å²) in [6.07, 6.45) is 0.985. The third-order valence-electron chi connectivity index (χ3n) is 3.18. The SMILES string of the molecule is CNC(Cc1ccc(C)cc1)c1ccc(Cl)cc1. The lowest BCUT2D eigenvalue weighted by molar-refractivity contribution is 0.592. The number of nitrogens with one attached hydrogen (secondary N) is 1. The predicted octanol–water partition coefficient (Wildman–Crippen LogP) is 4.15. The summed E-state index contributed by atoms with van der Waals surface area (Å²) in [6.45, 7) is 2.11. The van der Waals surface area contributed by atoms with Gasteiger partial charge in [-0.3, -0.25) is 0 Å². The average Bonchev–Trinajstić information content (AvgIpc) is 2.39. The second kappa shape index (κ2) is 6.03. The van der Waals surface area contributed by atoms with Crippen LogP contribution >= 0.6 is 11.6 Å². The summed E-state index contributed by atoms with van der Waals surface area (Å²) < 4.78 is 0. The van der Waals surface area contributed by atoms with E-state index in [2.05, 4.69) is 48.6 Å². The number of hydrogen-bond donors (Lipinski definition) is 1. The van der Waals surface area contributed by atoms with Gasteiger partial charge in [0.15, 0.2) is 0 Å². The first kappa shape index (κ1) is 13.1. The maximum absolute atomic E-state index is 5.92. The standard InChI is InChI=1S/C16H18ClN/c1-12-3-5-13(6-4-12)11-16(18-2)14-7-9-15(17)10-8-14/h3-10,16,18H,11H2,1-2H3. The van der Waals surface area contributed by atoms with Gasteiger partial charge in [0.05, 0.1) is 0 Å². The molecule has 0 aliphatic rings. The highest BCUT2D eigenvalue weighted by Gasteiger charge is 2.09. The molecule has 0 aliphatic heterocycles. The maximum atomic E-state index is 5.92. The fourth-order valence-electron chi connectivity index (χ4n) is 2.04. The number of rotatable bonds is 4. The van der Waals surface area contributed by atoms with E-state index in [-0.39, 0.29) is 0 Å². The molecule has 1 atom stereocenters. The van der Waals surface area contributed by atoms with E-state index in [4.69, 9.17) is 11.6 Å². The van der Waals surface area contributed by atoms with Crippen LogP contribution in [-0.2, 0) is 6.42 Å². The van der Waals surface area contributed by atoms with E-state index in [1.54, 1.807) is 0 Å². The fraction of sp³-hybridized carbons (Fsp3) is 0.250. The molecule has 0 spiro atoms. The van der Waals surface area contributed by atoms with Crippen LogP contribution in [0.25, 0.3) is 0 Å².